The van der Waals surface area contributed by atoms with E-state index in [-0.39, 0.29) is 52.8 Å². The number of hydrogen-bond donors (Lipinski definition) is 1. The molecule has 2 atom stereocenters. The van der Waals surface area contributed by atoms with Crippen LogP contribution in [0.4, 0.5) is 30.7 Å². The van der Waals surface area contributed by atoms with Gasteiger partial charge in [-0.1, -0.05) is 44.5 Å². The lowest BCUT2D eigenvalue weighted by atomic mass is 9.75. The molecule has 56 heavy (non-hydrogen) atoms. The molecule has 4 aromatic rings. The second-order valence-electron chi connectivity index (χ2n) is 15.5. The van der Waals surface area contributed by atoms with E-state index in [1.807, 2.05) is 0 Å². The number of hydrogen-bond acceptors (Lipinski definition) is 9. The van der Waals surface area contributed by atoms with Crippen LogP contribution in [0, 0.1) is 22.5 Å². The third-order valence-corrected chi connectivity index (χ3v) is 10.4. The monoisotopic (exact) mass is 809 g/mol. The number of aliphatic imine (C=N–C) groups is 1. The normalized spacial score (nSPS) is 20.1. The Morgan fingerprint density at radius 2 is 1.79 bits per heavy atom. The van der Waals surface area contributed by atoms with Crippen LogP contribution in [0.25, 0.3) is 16.9 Å². The second kappa shape index (κ2) is 13.8. The number of aromatic nitrogens is 6. The Kier molecular flexibility index (Phi) is 9.68. The molecule has 298 valence electrons. The zero-order valence-corrected chi connectivity index (χ0v) is 30.9. The number of rotatable bonds is 12. The summed E-state index contributed by atoms with van der Waals surface area (Å²) >= 11 is 6.40. The average Bonchev–Trinajstić information content (AvgIpc) is 3.98. The van der Waals surface area contributed by atoms with Crippen molar-refractivity contribution in [2.75, 3.05) is 6.61 Å². The SMILES string of the molecule is CC(C)(C)C[C@]1(c2ccc(-c3cnn(C4CC4)n3)c(F)c2F)N=C(N)N([C@H](COC(=O)CC2(C(F)(F)F)CC2)c2ccc(Cl)c(-n3ncnc3C(F)F)c2)C1=O. The van der Waals surface area contributed by atoms with Crippen LogP contribution >= 0.6 is 11.6 Å². The lowest BCUT2D eigenvalue weighted by Crippen LogP contribution is -2.47. The number of halogens is 8. The number of ether oxygens (including phenoxy) is 1. The van der Waals surface area contributed by atoms with Gasteiger partial charge in [0.1, 0.15) is 18.6 Å². The summed E-state index contributed by atoms with van der Waals surface area (Å²) in [7, 11) is 0. The molecule has 20 heteroatoms. The molecule has 2 fully saturated rings. The lowest BCUT2D eigenvalue weighted by Gasteiger charge is -2.35. The quantitative estimate of drug-likeness (QED) is 0.114. The Bertz CT molecular complexity index is 2230. The fourth-order valence-electron chi connectivity index (χ4n) is 7.02. The fourth-order valence-corrected chi connectivity index (χ4v) is 7.21. The van der Waals surface area contributed by atoms with Crippen LogP contribution in [-0.2, 0) is 19.9 Å². The number of guanidine groups is 1. The van der Waals surface area contributed by atoms with E-state index >= 15 is 8.78 Å². The number of nitrogens with zero attached hydrogens (tertiary/aromatic N) is 8. The standard InChI is InChI=1S/C36H35ClF7N9O3/c1-33(2,3)16-35(21-8-7-20(27(38)28(21)39)23-14-47-53(50-23)19-5-6-19)31(55)51(32(45)49-35)25(15-56-26(54)13-34(10-11-34)36(42,43)44)18-4-9-22(37)24(12-18)52-30(29(40)41)46-17-48-52/h4,7-9,12,14,17,19,25,29H,5-6,10-11,13,15-16H2,1-3H3,(H2,45,49)/t25-,35-/m1/s1. The number of carbonyl (C=O) groups excluding carboxylic acids is 2. The molecule has 0 bridgehead atoms. The molecule has 3 aliphatic rings. The van der Waals surface area contributed by atoms with E-state index in [1.165, 1.54) is 41.3 Å². The van der Waals surface area contributed by atoms with Crippen LogP contribution in [0.2, 0.25) is 5.02 Å². The first-order valence-corrected chi connectivity index (χ1v) is 17.9. The van der Waals surface area contributed by atoms with Gasteiger partial charge in [-0.15, -0.1) is 0 Å². The number of nitrogens with two attached hydrogens (primary N) is 1. The third kappa shape index (κ3) is 7.09. The first-order chi connectivity index (χ1) is 26.2. The summed E-state index contributed by atoms with van der Waals surface area (Å²) in [5.74, 6) is -6.28. The molecule has 0 saturated heterocycles. The molecule has 2 aromatic heterocycles. The highest BCUT2D eigenvalue weighted by atomic mass is 35.5. The minimum absolute atomic E-state index is 0.0312. The topological polar surface area (TPSA) is 146 Å². The van der Waals surface area contributed by atoms with Crippen LogP contribution in [-0.4, -0.2) is 65.3 Å². The molecule has 1 amide bonds. The largest absolute Gasteiger partial charge is 0.463 e. The van der Waals surface area contributed by atoms with Crippen molar-refractivity contribution in [3.8, 4) is 16.9 Å². The van der Waals surface area contributed by atoms with Crippen LogP contribution in [0.1, 0.15) is 94.8 Å². The first kappa shape index (κ1) is 39.2. The predicted octanol–water partition coefficient (Wildman–Crippen LogP) is 7.54. The summed E-state index contributed by atoms with van der Waals surface area (Å²) in [5.41, 5.74) is 0.459. The molecule has 2 aliphatic carbocycles. The summed E-state index contributed by atoms with van der Waals surface area (Å²) in [5, 5.41) is 12.2. The molecular weight excluding hydrogens is 775 g/mol. The highest BCUT2D eigenvalue weighted by Crippen LogP contribution is 2.60. The van der Waals surface area contributed by atoms with Crippen LogP contribution < -0.4 is 5.73 Å². The van der Waals surface area contributed by atoms with Crippen molar-refractivity contribution in [2.24, 2.45) is 21.6 Å². The molecule has 7 rings (SSSR count). The molecule has 2 N–H and O–H groups in total. The van der Waals surface area contributed by atoms with E-state index in [2.05, 4.69) is 25.3 Å². The van der Waals surface area contributed by atoms with Gasteiger partial charge >= 0.3 is 12.1 Å². The van der Waals surface area contributed by atoms with Gasteiger partial charge in [-0.2, -0.15) is 33.3 Å². The first-order valence-electron chi connectivity index (χ1n) is 17.6. The highest BCUT2D eigenvalue weighted by molar-refractivity contribution is 6.32. The van der Waals surface area contributed by atoms with Gasteiger partial charge in [-0.25, -0.2) is 32.2 Å². The van der Waals surface area contributed by atoms with E-state index < -0.39 is 88.9 Å². The van der Waals surface area contributed by atoms with Gasteiger partial charge < -0.3 is 10.5 Å². The van der Waals surface area contributed by atoms with E-state index in [0.29, 0.717) is 0 Å². The Labute approximate surface area is 319 Å². The van der Waals surface area contributed by atoms with Gasteiger partial charge in [0.15, 0.2) is 29.0 Å². The van der Waals surface area contributed by atoms with E-state index in [1.54, 1.807) is 20.8 Å². The zero-order chi connectivity index (χ0) is 40.5. The van der Waals surface area contributed by atoms with Gasteiger partial charge in [0, 0.05) is 11.1 Å². The molecule has 2 saturated carbocycles. The minimum atomic E-state index is -4.67. The van der Waals surface area contributed by atoms with Gasteiger partial charge in [0.25, 0.3) is 12.3 Å². The number of benzene rings is 2. The van der Waals surface area contributed by atoms with Crippen molar-refractivity contribution >= 4 is 29.4 Å². The van der Waals surface area contributed by atoms with Crippen molar-refractivity contribution < 1.29 is 45.1 Å². The molecule has 0 radical (unpaired) electrons. The highest BCUT2D eigenvalue weighted by Gasteiger charge is 2.64. The summed E-state index contributed by atoms with van der Waals surface area (Å²) in [4.78, 5) is 38.3. The maximum absolute atomic E-state index is 16.5. The van der Waals surface area contributed by atoms with Gasteiger partial charge in [-0.05, 0) is 61.3 Å². The Morgan fingerprint density at radius 1 is 1.07 bits per heavy atom. The molecule has 2 aromatic carbocycles. The molecule has 12 nitrogen and oxygen atoms in total. The maximum Gasteiger partial charge on any atom is 0.395 e. The summed E-state index contributed by atoms with van der Waals surface area (Å²) < 4.78 is 108. The van der Waals surface area contributed by atoms with Gasteiger partial charge in [0.05, 0.1) is 40.8 Å². The van der Waals surface area contributed by atoms with E-state index in [4.69, 9.17) is 22.1 Å². The fraction of sp³-hybridized carbons (Fsp3) is 0.472. The number of carbonyl (C=O) groups is 2. The number of esters is 1. The van der Waals surface area contributed by atoms with Crippen LogP contribution in [0.3, 0.4) is 0 Å². The van der Waals surface area contributed by atoms with Crippen LogP contribution in [0.5, 0.6) is 0 Å². The summed E-state index contributed by atoms with van der Waals surface area (Å²) in [6.45, 7) is 4.37. The van der Waals surface area contributed by atoms with Crippen molar-refractivity contribution in [3.05, 3.63) is 76.5 Å². The summed E-state index contributed by atoms with van der Waals surface area (Å²) in [6, 6.07) is 4.85. The predicted molar refractivity (Wildman–Crippen MR) is 185 cm³/mol. The van der Waals surface area contributed by atoms with Crippen molar-refractivity contribution in [3.63, 3.8) is 0 Å². The Balaban J connectivity index is 1.30. The molecule has 1 aliphatic heterocycles. The Hall–Kier alpha value is -5.07. The maximum atomic E-state index is 16.5. The van der Waals surface area contributed by atoms with E-state index in [9.17, 15) is 31.5 Å². The second-order valence-corrected chi connectivity index (χ2v) is 15.9. The molecule has 3 heterocycles. The van der Waals surface area contributed by atoms with Gasteiger partial charge in [-0.3, -0.25) is 14.5 Å². The van der Waals surface area contributed by atoms with Crippen molar-refractivity contribution in [1.29, 1.82) is 0 Å². The average molecular weight is 810 g/mol. The van der Waals surface area contributed by atoms with Crippen molar-refractivity contribution in [1.82, 2.24) is 34.7 Å². The molecular formula is C36H35ClF7N9O3. The third-order valence-electron chi connectivity index (χ3n) is 10.1. The van der Waals surface area contributed by atoms with E-state index in [0.717, 1.165) is 28.8 Å². The smallest absolute Gasteiger partial charge is 0.395 e. The van der Waals surface area contributed by atoms with Gasteiger partial charge in [0.2, 0.25) is 0 Å². The van der Waals surface area contributed by atoms with Crippen LogP contribution in [0.15, 0.2) is 47.8 Å². The molecule has 0 unspecified atom stereocenters. The summed E-state index contributed by atoms with van der Waals surface area (Å²) in [6.07, 6.45) is -5.69. The molecule has 0 spiro atoms. The zero-order valence-electron chi connectivity index (χ0n) is 30.1. The minimum Gasteiger partial charge on any atom is -0.463 e. The Morgan fingerprint density at radius 3 is 2.41 bits per heavy atom. The number of amides is 1. The lowest BCUT2D eigenvalue weighted by molar-refractivity contribution is -0.195. The number of alkyl halides is 5. The van der Waals surface area contributed by atoms with Crippen molar-refractivity contribution in [2.45, 2.75) is 89.5 Å².